The van der Waals surface area contributed by atoms with E-state index in [4.69, 9.17) is 5.11 Å². The van der Waals surface area contributed by atoms with Crippen LogP contribution in [0.5, 0.6) is 0 Å². The van der Waals surface area contributed by atoms with E-state index in [0.29, 0.717) is 5.56 Å². The van der Waals surface area contributed by atoms with Gasteiger partial charge >= 0.3 is 18.3 Å². The van der Waals surface area contributed by atoms with Crippen molar-refractivity contribution in [1.82, 2.24) is 4.98 Å². The Hall–Kier alpha value is -3.36. The fraction of sp³-hybridized carbons (Fsp3) is 0.143. The average molecular weight is 425 g/mol. The number of aliphatic carboxylic acids is 1. The third-order valence-electron chi connectivity index (χ3n) is 4.31. The number of benzene rings is 2. The largest absolute Gasteiger partial charge is 0.481 e. The highest BCUT2D eigenvalue weighted by Gasteiger charge is 2.31. The molecule has 0 atom stereocenters. The minimum absolute atomic E-state index is 0.142. The molecule has 0 aliphatic rings. The summed E-state index contributed by atoms with van der Waals surface area (Å²) in [5.74, 6) is -1.16. The molecule has 0 fully saturated rings. The van der Waals surface area contributed by atoms with Crippen LogP contribution in [-0.2, 0) is 23.6 Å². The summed E-state index contributed by atoms with van der Waals surface area (Å²) in [7, 11) is 0. The first kappa shape index (κ1) is 21.4. The lowest BCUT2D eigenvalue weighted by Crippen LogP contribution is -2.06. The van der Waals surface area contributed by atoms with Crippen LogP contribution in [0.25, 0.3) is 22.5 Å². The van der Waals surface area contributed by atoms with Gasteiger partial charge in [-0.2, -0.15) is 26.3 Å². The highest BCUT2D eigenvalue weighted by molar-refractivity contribution is 5.76. The molecule has 3 nitrogen and oxygen atoms in total. The maximum absolute atomic E-state index is 12.8. The molecule has 1 N–H and O–H groups in total. The molecule has 9 heteroatoms. The maximum atomic E-state index is 12.8. The number of pyridine rings is 1. The van der Waals surface area contributed by atoms with Crippen LogP contribution in [0.3, 0.4) is 0 Å². The molecule has 0 saturated heterocycles. The molecule has 30 heavy (non-hydrogen) atoms. The topological polar surface area (TPSA) is 50.2 Å². The van der Waals surface area contributed by atoms with E-state index in [2.05, 4.69) is 4.98 Å². The Balaban J connectivity index is 2.05. The molecule has 3 aromatic rings. The second kappa shape index (κ2) is 7.81. The Bertz CT molecular complexity index is 1050. The average Bonchev–Trinajstić information content (AvgIpc) is 2.67. The standard InChI is InChI=1S/C21H13F6NO2/c22-20(23,24)15-6-1-12(2-7-15)17-10-5-14(11-18(29)30)19(28-17)13-3-8-16(9-4-13)21(25,26)27/h1-10H,11H2,(H,29,30). The van der Waals surface area contributed by atoms with Crippen LogP contribution in [0, 0.1) is 0 Å². The molecular weight excluding hydrogens is 412 g/mol. The van der Waals surface area contributed by atoms with Crippen LogP contribution in [0.4, 0.5) is 26.3 Å². The monoisotopic (exact) mass is 425 g/mol. The number of hydrogen-bond donors (Lipinski definition) is 1. The molecule has 1 aromatic heterocycles. The Morgan fingerprint density at radius 2 is 1.20 bits per heavy atom. The van der Waals surface area contributed by atoms with E-state index < -0.39 is 35.9 Å². The van der Waals surface area contributed by atoms with E-state index in [0.717, 1.165) is 24.3 Å². The van der Waals surface area contributed by atoms with Gasteiger partial charge in [-0.3, -0.25) is 4.79 Å². The van der Waals surface area contributed by atoms with Crippen LogP contribution in [0.1, 0.15) is 16.7 Å². The summed E-state index contributed by atoms with van der Waals surface area (Å²) >= 11 is 0. The van der Waals surface area contributed by atoms with Crippen molar-refractivity contribution >= 4 is 5.97 Å². The van der Waals surface area contributed by atoms with Gasteiger partial charge in [-0.1, -0.05) is 30.3 Å². The van der Waals surface area contributed by atoms with Gasteiger partial charge in [-0.05, 0) is 35.9 Å². The number of rotatable bonds is 4. The van der Waals surface area contributed by atoms with Gasteiger partial charge in [0.05, 0.1) is 28.9 Å². The van der Waals surface area contributed by atoms with Crippen molar-refractivity contribution in [3.05, 3.63) is 77.4 Å². The number of carboxylic acids is 1. The summed E-state index contributed by atoms with van der Waals surface area (Å²) < 4.78 is 76.6. The van der Waals surface area contributed by atoms with Crippen LogP contribution in [-0.4, -0.2) is 16.1 Å². The first-order valence-electron chi connectivity index (χ1n) is 8.52. The first-order chi connectivity index (χ1) is 13.9. The molecule has 1 heterocycles. The van der Waals surface area contributed by atoms with Crippen molar-refractivity contribution < 1.29 is 36.2 Å². The molecule has 0 spiro atoms. The lowest BCUT2D eigenvalue weighted by Gasteiger charge is -2.12. The Morgan fingerprint density at radius 3 is 1.63 bits per heavy atom. The summed E-state index contributed by atoms with van der Waals surface area (Å²) in [6, 6.07) is 11.2. The molecule has 0 unspecified atom stereocenters. The maximum Gasteiger partial charge on any atom is 0.416 e. The van der Waals surface area contributed by atoms with Gasteiger partial charge < -0.3 is 5.11 Å². The number of carboxylic acid groups (broad SMARTS) is 1. The Labute approximate surface area is 166 Å². The van der Waals surface area contributed by atoms with Crippen molar-refractivity contribution in [3.63, 3.8) is 0 Å². The smallest absolute Gasteiger partial charge is 0.416 e. The minimum atomic E-state index is -4.53. The second-order valence-electron chi connectivity index (χ2n) is 6.42. The highest BCUT2D eigenvalue weighted by Crippen LogP contribution is 2.33. The zero-order chi connectivity index (χ0) is 22.1. The molecule has 0 bridgehead atoms. The SMILES string of the molecule is O=C(O)Cc1ccc(-c2ccc(C(F)(F)F)cc2)nc1-c1ccc(C(F)(F)F)cc1. The third kappa shape index (κ3) is 4.79. The summed E-state index contributed by atoms with van der Waals surface area (Å²) in [5.41, 5.74) is -0.443. The van der Waals surface area contributed by atoms with Gasteiger partial charge in [-0.15, -0.1) is 0 Å². The van der Waals surface area contributed by atoms with Crippen molar-refractivity contribution in [1.29, 1.82) is 0 Å². The molecule has 3 rings (SSSR count). The molecule has 0 aliphatic heterocycles. The van der Waals surface area contributed by atoms with E-state index >= 15 is 0 Å². The van der Waals surface area contributed by atoms with Crippen molar-refractivity contribution in [2.45, 2.75) is 18.8 Å². The van der Waals surface area contributed by atoms with E-state index in [1.807, 2.05) is 0 Å². The van der Waals surface area contributed by atoms with Crippen LogP contribution in [0.15, 0.2) is 60.7 Å². The summed E-state index contributed by atoms with van der Waals surface area (Å²) in [5, 5.41) is 9.10. The third-order valence-corrected chi connectivity index (χ3v) is 4.31. The molecule has 2 aromatic carbocycles. The van der Waals surface area contributed by atoms with Gasteiger partial charge in [0.25, 0.3) is 0 Å². The second-order valence-corrected chi connectivity index (χ2v) is 6.42. The summed E-state index contributed by atoms with van der Waals surface area (Å²) in [6.45, 7) is 0. The van der Waals surface area contributed by atoms with Crippen molar-refractivity contribution in [3.8, 4) is 22.5 Å². The predicted octanol–water partition coefficient (Wildman–Crippen LogP) is 6.08. The van der Waals surface area contributed by atoms with Crippen LogP contribution < -0.4 is 0 Å². The van der Waals surface area contributed by atoms with Crippen LogP contribution >= 0.6 is 0 Å². The quantitative estimate of drug-likeness (QED) is 0.516. The van der Waals surface area contributed by atoms with E-state index in [-0.39, 0.29) is 22.5 Å². The van der Waals surface area contributed by atoms with Gasteiger partial charge in [0, 0.05) is 11.1 Å². The first-order valence-corrected chi connectivity index (χ1v) is 8.52. The van der Waals surface area contributed by atoms with Crippen molar-refractivity contribution in [2.24, 2.45) is 0 Å². The number of alkyl halides is 6. The summed E-state index contributed by atoms with van der Waals surface area (Å²) in [6.07, 6.45) is -9.45. The lowest BCUT2D eigenvalue weighted by atomic mass is 10.00. The Morgan fingerprint density at radius 1 is 0.733 bits per heavy atom. The number of hydrogen-bond acceptors (Lipinski definition) is 2. The van der Waals surface area contributed by atoms with Gasteiger partial charge in [0.1, 0.15) is 0 Å². The number of carbonyl (C=O) groups is 1. The van der Waals surface area contributed by atoms with Gasteiger partial charge in [0.2, 0.25) is 0 Å². The van der Waals surface area contributed by atoms with Crippen molar-refractivity contribution in [2.75, 3.05) is 0 Å². The zero-order valence-electron chi connectivity index (χ0n) is 15.1. The molecule has 0 radical (unpaired) electrons. The van der Waals surface area contributed by atoms with Gasteiger partial charge in [0.15, 0.2) is 0 Å². The molecule has 0 saturated carbocycles. The number of halogens is 6. The zero-order valence-corrected chi connectivity index (χ0v) is 15.1. The highest BCUT2D eigenvalue weighted by atomic mass is 19.4. The normalized spacial score (nSPS) is 12.1. The molecular formula is C21H13F6NO2. The van der Waals surface area contributed by atoms with E-state index in [1.54, 1.807) is 0 Å². The van der Waals surface area contributed by atoms with E-state index in [9.17, 15) is 31.1 Å². The number of aromatic nitrogens is 1. The van der Waals surface area contributed by atoms with E-state index in [1.165, 1.54) is 36.4 Å². The van der Waals surface area contributed by atoms with Crippen LogP contribution in [0.2, 0.25) is 0 Å². The number of nitrogens with zero attached hydrogens (tertiary/aromatic N) is 1. The summed E-state index contributed by atoms with van der Waals surface area (Å²) in [4.78, 5) is 15.5. The lowest BCUT2D eigenvalue weighted by molar-refractivity contribution is -0.138. The molecule has 156 valence electrons. The fourth-order valence-electron chi connectivity index (χ4n) is 2.85. The predicted molar refractivity (Wildman–Crippen MR) is 96.5 cm³/mol. The Kier molecular flexibility index (Phi) is 5.56. The molecule has 0 aliphatic carbocycles. The molecule has 0 amide bonds. The fourth-order valence-corrected chi connectivity index (χ4v) is 2.85. The van der Waals surface area contributed by atoms with Gasteiger partial charge in [-0.25, -0.2) is 4.98 Å². The minimum Gasteiger partial charge on any atom is -0.481 e.